The van der Waals surface area contributed by atoms with Crippen molar-refractivity contribution in [3.63, 3.8) is 0 Å². The third kappa shape index (κ3) is 4.35. The highest BCUT2D eigenvalue weighted by Gasteiger charge is 2.30. The molecule has 31 heavy (non-hydrogen) atoms. The average Bonchev–Trinajstić information content (AvgIpc) is 3.18. The van der Waals surface area contributed by atoms with E-state index in [9.17, 15) is 18.0 Å². The van der Waals surface area contributed by atoms with Gasteiger partial charge in [0.1, 0.15) is 11.5 Å². The number of carbonyl (C=O) groups excluding carboxylic acids is 1. The predicted octanol–water partition coefficient (Wildman–Crippen LogP) is 3.56. The summed E-state index contributed by atoms with van der Waals surface area (Å²) in [5.41, 5.74) is 3.00. The number of alkyl halides is 3. The number of fused-ring (bicyclic) bond motifs is 1. The lowest BCUT2D eigenvalue weighted by Crippen LogP contribution is -2.36. The Hall–Kier alpha value is -3.49. The van der Waals surface area contributed by atoms with Crippen LogP contribution in [0.3, 0.4) is 0 Å². The van der Waals surface area contributed by atoms with Crippen molar-refractivity contribution < 1.29 is 18.0 Å². The Morgan fingerprint density at radius 3 is 2.55 bits per heavy atom. The second-order valence-electron chi connectivity index (χ2n) is 7.37. The number of aromatic nitrogens is 4. The van der Waals surface area contributed by atoms with E-state index in [2.05, 4.69) is 16.7 Å². The van der Waals surface area contributed by atoms with E-state index in [1.807, 2.05) is 19.3 Å². The molecule has 3 heterocycles. The Morgan fingerprint density at radius 1 is 1.19 bits per heavy atom. The maximum absolute atomic E-state index is 12.8. The smallest absolute Gasteiger partial charge is 0.333 e. The summed E-state index contributed by atoms with van der Waals surface area (Å²) >= 11 is 0. The van der Waals surface area contributed by atoms with Gasteiger partial charge in [-0.3, -0.25) is 9.48 Å². The van der Waals surface area contributed by atoms with Gasteiger partial charge in [-0.15, -0.1) is 0 Å². The molecule has 4 rings (SSSR count). The lowest BCUT2D eigenvalue weighted by atomic mass is 10.00. The predicted molar refractivity (Wildman–Crippen MR) is 108 cm³/mol. The Bertz CT molecular complexity index is 1140. The quantitative estimate of drug-likeness (QED) is 0.598. The molecule has 0 aliphatic carbocycles. The van der Waals surface area contributed by atoms with E-state index in [0.29, 0.717) is 42.3 Å². The summed E-state index contributed by atoms with van der Waals surface area (Å²) < 4.78 is 40.2. The summed E-state index contributed by atoms with van der Waals surface area (Å²) in [6, 6.07) is 6.82. The molecule has 0 unspecified atom stereocenters. The molecule has 0 saturated heterocycles. The fourth-order valence-corrected chi connectivity index (χ4v) is 3.63. The lowest BCUT2D eigenvalue weighted by molar-refractivity contribution is -0.137. The Balaban J connectivity index is 1.71. The van der Waals surface area contributed by atoms with Gasteiger partial charge in [-0.05, 0) is 36.3 Å². The van der Waals surface area contributed by atoms with Crippen LogP contribution < -0.4 is 0 Å². The van der Waals surface area contributed by atoms with Crippen molar-refractivity contribution in [2.75, 3.05) is 6.54 Å². The molecule has 0 atom stereocenters. The van der Waals surface area contributed by atoms with Gasteiger partial charge in [0.25, 0.3) is 0 Å². The Kier molecular flexibility index (Phi) is 5.34. The largest absolute Gasteiger partial charge is 0.416 e. The van der Waals surface area contributed by atoms with Crippen molar-refractivity contribution in [3.05, 3.63) is 77.4 Å². The van der Waals surface area contributed by atoms with Gasteiger partial charge in [0.05, 0.1) is 23.5 Å². The van der Waals surface area contributed by atoms with E-state index in [4.69, 9.17) is 4.98 Å². The van der Waals surface area contributed by atoms with Gasteiger partial charge in [0.2, 0.25) is 5.91 Å². The van der Waals surface area contributed by atoms with Gasteiger partial charge in [-0.25, -0.2) is 9.97 Å². The first-order valence-corrected chi connectivity index (χ1v) is 9.71. The van der Waals surface area contributed by atoms with E-state index in [1.165, 1.54) is 18.2 Å². The minimum Gasteiger partial charge on any atom is -0.333 e. The minimum atomic E-state index is -4.38. The molecular weight excluding hydrogens is 407 g/mol. The normalized spacial score (nSPS) is 13.7. The van der Waals surface area contributed by atoms with Crippen molar-refractivity contribution in [2.45, 2.75) is 25.6 Å². The first-order chi connectivity index (χ1) is 14.7. The molecule has 0 saturated carbocycles. The van der Waals surface area contributed by atoms with Crippen LogP contribution in [0.5, 0.6) is 0 Å². The van der Waals surface area contributed by atoms with Gasteiger partial charge in [-0.2, -0.15) is 18.3 Å². The maximum atomic E-state index is 12.8. The fourth-order valence-electron chi connectivity index (χ4n) is 3.63. The molecule has 160 valence electrons. The number of amides is 1. The summed E-state index contributed by atoms with van der Waals surface area (Å²) in [5.74, 6) is 0.292. The number of benzene rings is 1. The lowest BCUT2D eigenvalue weighted by Gasteiger charge is -2.28. The molecule has 2 aromatic heterocycles. The summed E-state index contributed by atoms with van der Waals surface area (Å²) in [7, 11) is 1.81. The number of hydrogen-bond acceptors (Lipinski definition) is 4. The number of carbonyl (C=O) groups is 1. The standard InChI is InChI=1S/C22H20F3N5O/c1-3-20(31)30-11-8-16-18(13-30)26-19(27-21(16)17-9-10-29(2)28-17)12-14-4-6-15(7-5-14)22(23,24)25/h3-7,9-10H,1,8,11-13H2,2H3. The molecule has 9 heteroatoms. The number of rotatable bonds is 4. The second kappa shape index (κ2) is 7.98. The summed E-state index contributed by atoms with van der Waals surface area (Å²) in [4.78, 5) is 23.1. The van der Waals surface area contributed by atoms with Gasteiger partial charge < -0.3 is 4.90 Å². The van der Waals surface area contributed by atoms with Gasteiger partial charge in [0, 0.05) is 31.8 Å². The van der Waals surface area contributed by atoms with Crippen molar-refractivity contribution in [3.8, 4) is 11.4 Å². The van der Waals surface area contributed by atoms with E-state index in [-0.39, 0.29) is 12.3 Å². The molecule has 0 N–H and O–H groups in total. The zero-order chi connectivity index (χ0) is 22.2. The van der Waals surface area contributed by atoms with E-state index >= 15 is 0 Å². The molecule has 0 bridgehead atoms. The van der Waals surface area contributed by atoms with Crippen LogP contribution in [0.25, 0.3) is 11.4 Å². The molecule has 1 aromatic carbocycles. The Morgan fingerprint density at radius 2 is 1.94 bits per heavy atom. The highest BCUT2D eigenvalue weighted by Crippen LogP contribution is 2.30. The second-order valence-corrected chi connectivity index (χ2v) is 7.37. The third-order valence-electron chi connectivity index (χ3n) is 5.20. The molecule has 1 aliphatic heterocycles. The monoisotopic (exact) mass is 427 g/mol. The van der Waals surface area contributed by atoms with Crippen LogP contribution in [0.1, 0.15) is 28.2 Å². The van der Waals surface area contributed by atoms with E-state index < -0.39 is 11.7 Å². The highest BCUT2D eigenvalue weighted by molar-refractivity contribution is 5.87. The Labute approximate surface area is 177 Å². The van der Waals surface area contributed by atoms with Crippen molar-refractivity contribution in [1.82, 2.24) is 24.6 Å². The van der Waals surface area contributed by atoms with E-state index in [1.54, 1.807) is 9.58 Å². The number of hydrogen-bond donors (Lipinski definition) is 0. The molecule has 0 fully saturated rings. The van der Waals surface area contributed by atoms with Crippen LogP contribution >= 0.6 is 0 Å². The third-order valence-corrected chi connectivity index (χ3v) is 5.20. The maximum Gasteiger partial charge on any atom is 0.416 e. The van der Waals surface area contributed by atoms with Gasteiger partial charge in [-0.1, -0.05) is 18.7 Å². The first-order valence-electron chi connectivity index (χ1n) is 9.71. The molecule has 1 aliphatic rings. The van der Waals surface area contributed by atoms with Crippen LogP contribution in [-0.4, -0.2) is 37.1 Å². The van der Waals surface area contributed by atoms with Crippen molar-refractivity contribution in [1.29, 1.82) is 0 Å². The summed E-state index contributed by atoms with van der Waals surface area (Å²) in [6.45, 7) is 4.39. The average molecular weight is 427 g/mol. The summed E-state index contributed by atoms with van der Waals surface area (Å²) in [6.07, 6.45) is -0.444. The van der Waals surface area contributed by atoms with Crippen LogP contribution in [0, 0.1) is 0 Å². The number of nitrogens with zero attached hydrogens (tertiary/aromatic N) is 5. The molecule has 6 nitrogen and oxygen atoms in total. The summed E-state index contributed by atoms with van der Waals surface area (Å²) in [5, 5.41) is 4.45. The van der Waals surface area contributed by atoms with Crippen LogP contribution in [0.15, 0.2) is 49.2 Å². The first kappa shape index (κ1) is 20.8. The van der Waals surface area contributed by atoms with Gasteiger partial charge >= 0.3 is 6.18 Å². The number of halogens is 3. The fraction of sp³-hybridized carbons (Fsp3) is 0.273. The zero-order valence-corrected chi connectivity index (χ0v) is 16.9. The molecule has 1 amide bonds. The SMILES string of the molecule is C=CC(=O)N1CCc2c(nc(Cc3ccc(C(F)(F)F)cc3)nc2-c2ccn(C)n2)C1. The number of aryl methyl sites for hydroxylation is 1. The zero-order valence-electron chi connectivity index (χ0n) is 16.9. The minimum absolute atomic E-state index is 0.173. The van der Waals surface area contributed by atoms with Crippen LogP contribution in [0.4, 0.5) is 13.2 Å². The molecular formula is C22H20F3N5O. The van der Waals surface area contributed by atoms with Crippen molar-refractivity contribution in [2.24, 2.45) is 7.05 Å². The van der Waals surface area contributed by atoms with Crippen LogP contribution in [-0.2, 0) is 37.4 Å². The molecule has 0 radical (unpaired) electrons. The van der Waals surface area contributed by atoms with Gasteiger partial charge in [0.15, 0.2) is 0 Å². The van der Waals surface area contributed by atoms with Crippen molar-refractivity contribution >= 4 is 5.91 Å². The molecule has 0 spiro atoms. The molecule has 3 aromatic rings. The van der Waals surface area contributed by atoms with E-state index in [0.717, 1.165) is 23.4 Å². The topological polar surface area (TPSA) is 63.9 Å². The van der Waals surface area contributed by atoms with Crippen LogP contribution in [0.2, 0.25) is 0 Å². The highest BCUT2D eigenvalue weighted by atomic mass is 19.4.